The van der Waals surface area contributed by atoms with Gasteiger partial charge in [0.2, 0.25) is 0 Å². The molecular formula is C21H20N2O4. The van der Waals surface area contributed by atoms with Crippen LogP contribution in [0.25, 0.3) is 22.6 Å². The Kier molecular flexibility index (Phi) is 4.32. The Morgan fingerprint density at radius 1 is 1.07 bits per heavy atom. The van der Waals surface area contributed by atoms with Crippen molar-refractivity contribution in [1.82, 2.24) is 9.55 Å². The normalized spacial score (nSPS) is 13.2. The van der Waals surface area contributed by atoms with Crippen molar-refractivity contribution in [2.45, 2.75) is 25.8 Å². The molecule has 0 aliphatic carbocycles. The Labute approximate surface area is 156 Å². The summed E-state index contributed by atoms with van der Waals surface area (Å²) in [6.07, 6.45) is 2.89. The van der Waals surface area contributed by atoms with Gasteiger partial charge in [-0.15, -0.1) is 0 Å². The highest BCUT2D eigenvalue weighted by Crippen LogP contribution is 2.39. The van der Waals surface area contributed by atoms with Gasteiger partial charge in [0.05, 0.1) is 23.9 Å². The molecule has 2 heterocycles. The molecule has 2 aromatic carbocycles. The second kappa shape index (κ2) is 6.79. The van der Waals surface area contributed by atoms with E-state index in [9.17, 15) is 15.0 Å². The number of para-hydroxylation sites is 1. The molecule has 1 aliphatic rings. The van der Waals surface area contributed by atoms with Gasteiger partial charge in [-0.25, -0.2) is 9.78 Å². The summed E-state index contributed by atoms with van der Waals surface area (Å²) in [5, 5.41) is 20.7. The molecule has 0 saturated heterocycles. The summed E-state index contributed by atoms with van der Waals surface area (Å²) in [7, 11) is 1.32. The smallest absolute Gasteiger partial charge is 0.337 e. The number of aromatic nitrogens is 2. The third kappa shape index (κ3) is 2.93. The molecule has 2 N–H and O–H groups in total. The van der Waals surface area contributed by atoms with Crippen molar-refractivity contribution in [3.8, 4) is 34.1 Å². The second-order valence-electron chi connectivity index (χ2n) is 6.58. The van der Waals surface area contributed by atoms with Crippen LogP contribution in [0.3, 0.4) is 0 Å². The van der Waals surface area contributed by atoms with Gasteiger partial charge >= 0.3 is 5.97 Å². The number of carbonyl (C=O) groups is 1. The number of phenols is 2. The van der Waals surface area contributed by atoms with E-state index in [-0.39, 0.29) is 11.5 Å². The lowest BCUT2D eigenvalue weighted by Crippen LogP contribution is -2.11. The maximum absolute atomic E-state index is 11.9. The van der Waals surface area contributed by atoms with Gasteiger partial charge in [0, 0.05) is 17.8 Å². The van der Waals surface area contributed by atoms with Crippen LogP contribution < -0.4 is 0 Å². The molecule has 0 bridgehead atoms. The fourth-order valence-electron chi connectivity index (χ4n) is 3.60. The standard InChI is InChI=1S/C21H20N2O4/c1-27-21(26)13-9-10-18(25)15(12-13)20-22-19(14-6-2-3-8-17(14)24)16-7-4-5-11-23(16)20/h2-3,6,8-10,12,24-25H,4-5,7,11H2,1H3. The lowest BCUT2D eigenvalue weighted by Gasteiger charge is -2.18. The first-order chi connectivity index (χ1) is 13.1. The number of esters is 1. The number of fused-ring (bicyclic) bond motifs is 1. The molecule has 0 spiro atoms. The third-order valence-electron chi connectivity index (χ3n) is 4.94. The molecule has 0 fully saturated rings. The molecule has 0 atom stereocenters. The molecule has 0 unspecified atom stereocenters. The summed E-state index contributed by atoms with van der Waals surface area (Å²) in [4.78, 5) is 16.7. The minimum atomic E-state index is -0.470. The van der Waals surface area contributed by atoms with Crippen molar-refractivity contribution in [1.29, 1.82) is 0 Å². The molecule has 27 heavy (non-hydrogen) atoms. The van der Waals surface area contributed by atoms with Crippen molar-refractivity contribution < 1.29 is 19.7 Å². The molecule has 138 valence electrons. The number of carbonyl (C=O) groups excluding carboxylic acids is 1. The summed E-state index contributed by atoms with van der Waals surface area (Å²) >= 11 is 0. The quantitative estimate of drug-likeness (QED) is 0.692. The minimum Gasteiger partial charge on any atom is -0.507 e. The van der Waals surface area contributed by atoms with Crippen LogP contribution in [0, 0.1) is 0 Å². The summed E-state index contributed by atoms with van der Waals surface area (Å²) in [5.41, 5.74) is 3.23. The van der Waals surface area contributed by atoms with E-state index in [0.717, 1.165) is 31.5 Å². The van der Waals surface area contributed by atoms with Crippen LogP contribution in [0.1, 0.15) is 28.9 Å². The molecule has 0 amide bonds. The number of benzene rings is 2. The number of imidazole rings is 1. The van der Waals surface area contributed by atoms with Gasteiger partial charge in [-0.2, -0.15) is 0 Å². The monoisotopic (exact) mass is 364 g/mol. The average molecular weight is 364 g/mol. The number of hydrogen-bond acceptors (Lipinski definition) is 5. The molecular weight excluding hydrogens is 344 g/mol. The molecule has 6 heteroatoms. The molecule has 0 saturated carbocycles. The number of aromatic hydroxyl groups is 2. The van der Waals surface area contributed by atoms with Crippen LogP contribution in [0.5, 0.6) is 11.5 Å². The van der Waals surface area contributed by atoms with Crippen LogP contribution in [0.2, 0.25) is 0 Å². The van der Waals surface area contributed by atoms with Crippen LogP contribution in [0.15, 0.2) is 42.5 Å². The van der Waals surface area contributed by atoms with Gasteiger partial charge in [-0.1, -0.05) is 12.1 Å². The van der Waals surface area contributed by atoms with Gasteiger partial charge in [-0.3, -0.25) is 0 Å². The van der Waals surface area contributed by atoms with Crippen LogP contribution >= 0.6 is 0 Å². The van der Waals surface area contributed by atoms with Gasteiger partial charge in [0.25, 0.3) is 0 Å². The Morgan fingerprint density at radius 3 is 2.63 bits per heavy atom. The van der Waals surface area contributed by atoms with Crippen molar-refractivity contribution in [3.63, 3.8) is 0 Å². The van der Waals surface area contributed by atoms with Gasteiger partial charge in [0.1, 0.15) is 17.3 Å². The van der Waals surface area contributed by atoms with Crippen LogP contribution in [-0.2, 0) is 17.7 Å². The third-order valence-corrected chi connectivity index (χ3v) is 4.94. The zero-order valence-corrected chi connectivity index (χ0v) is 15.0. The van der Waals surface area contributed by atoms with E-state index in [1.54, 1.807) is 18.2 Å². The van der Waals surface area contributed by atoms with E-state index in [4.69, 9.17) is 9.72 Å². The van der Waals surface area contributed by atoms with E-state index >= 15 is 0 Å². The molecule has 1 aliphatic heterocycles. The molecule has 1 aromatic heterocycles. The molecule has 3 aromatic rings. The van der Waals surface area contributed by atoms with E-state index in [2.05, 4.69) is 4.57 Å². The van der Waals surface area contributed by atoms with Crippen molar-refractivity contribution in [3.05, 3.63) is 53.7 Å². The second-order valence-corrected chi connectivity index (χ2v) is 6.58. The van der Waals surface area contributed by atoms with Crippen molar-refractivity contribution >= 4 is 5.97 Å². The van der Waals surface area contributed by atoms with Crippen LogP contribution in [-0.4, -0.2) is 32.8 Å². The largest absolute Gasteiger partial charge is 0.507 e. The Morgan fingerprint density at radius 2 is 1.85 bits per heavy atom. The number of methoxy groups -OCH3 is 1. The lowest BCUT2D eigenvalue weighted by molar-refractivity contribution is 0.0601. The maximum atomic E-state index is 11.9. The van der Waals surface area contributed by atoms with E-state index in [1.165, 1.54) is 19.2 Å². The first-order valence-corrected chi connectivity index (χ1v) is 8.89. The maximum Gasteiger partial charge on any atom is 0.337 e. The predicted octanol–water partition coefficient (Wildman–Crippen LogP) is 3.75. The number of rotatable bonds is 3. The topological polar surface area (TPSA) is 84.6 Å². The number of nitrogens with zero attached hydrogens (tertiary/aromatic N) is 2. The SMILES string of the molecule is COC(=O)c1ccc(O)c(-c2nc(-c3ccccc3O)c3n2CCCC3)c1. The van der Waals surface area contributed by atoms with Gasteiger partial charge in [-0.05, 0) is 49.6 Å². The Balaban J connectivity index is 1.93. The minimum absolute atomic E-state index is 0.0462. The zero-order chi connectivity index (χ0) is 19.0. The molecule has 0 radical (unpaired) electrons. The van der Waals surface area contributed by atoms with E-state index in [1.807, 2.05) is 12.1 Å². The highest BCUT2D eigenvalue weighted by molar-refractivity contribution is 5.91. The number of phenolic OH excluding ortho intramolecular Hbond substituents is 2. The first-order valence-electron chi connectivity index (χ1n) is 8.89. The summed E-state index contributed by atoms with van der Waals surface area (Å²) in [6, 6.07) is 11.7. The van der Waals surface area contributed by atoms with Gasteiger partial charge < -0.3 is 19.5 Å². The molecule has 6 nitrogen and oxygen atoms in total. The van der Waals surface area contributed by atoms with Crippen molar-refractivity contribution in [2.75, 3.05) is 7.11 Å². The number of hydrogen-bond donors (Lipinski definition) is 2. The highest BCUT2D eigenvalue weighted by atomic mass is 16.5. The summed E-state index contributed by atoms with van der Waals surface area (Å²) < 4.78 is 6.86. The zero-order valence-electron chi connectivity index (χ0n) is 15.0. The number of ether oxygens (including phenoxy) is 1. The van der Waals surface area contributed by atoms with Gasteiger partial charge in [0.15, 0.2) is 0 Å². The first kappa shape index (κ1) is 17.1. The predicted molar refractivity (Wildman–Crippen MR) is 101 cm³/mol. The van der Waals surface area contributed by atoms with E-state index < -0.39 is 5.97 Å². The van der Waals surface area contributed by atoms with Crippen LogP contribution in [0.4, 0.5) is 0 Å². The average Bonchev–Trinajstić information content (AvgIpc) is 3.07. The fourth-order valence-corrected chi connectivity index (χ4v) is 3.60. The summed E-state index contributed by atoms with van der Waals surface area (Å²) in [5.74, 6) is 0.335. The molecule has 4 rings (SSSR count). The van der Waals surface area contributed by atoms with Crippen molar-refractivity contribution in [2.24, 2.45) is 0 Å². The Hall–Kier alpha value is -3.28. The lowest BCUT2D eigenvalue weighted by atomic mass is 10.0. The Bertz CT molecular complexity index is 1020. The fraction of sp³-hybridized carbons (Fsp3) is 0.238. The summed E-state index contributed by atoms with van der Waals surface area (Å²) in [6.45, 7) is 0.771. The highest BCUT2D eigenvalue weighted by Gasteiger charge is 2.25. The van der Waals surface area contributed by atoms with E-state index in [0.29, 0.717) is 28.2 Å².